The molecule has 0 saturated carbocycles. The molecular formula is C12H26Si2. The van der Waals surface area contributed by atoms with Crippen LogP contribution in [-0.4, -0.2) is 16.1 Å². The van der Waals surface area contributed by atoms with Crippen LogP contribution in [0.25, 0.3) is 0 Å². The van der Waals surface area contributed by atoms with E-state index in [9.17, 15) is 0 Å². The van der Waals surface area contributed by atoms with Crippen molar-refractivity contribution in [2.45, 2.75) is 50.7 Å². The average molecular weight is 227 g/mol. The minimum Gasteiger partial charge on any atom is -0.107 e. The van der Waals surface area contributed by atoms with E-state index in [2.05, 4.69) is 65.0 Å². The van der Waals surface area contributed by atoms with Gasteiger partial charge in [0, 0.05) is 0 Å². The molecule has 0 aromatic rings. The summed E-state index contributed by atoms with van der Waals surface area (Å²) in [5.74, 6) is 0. The van der Waals surface area contributed by atoms with Crippen molar-refractivity contribution < 1.29 is 0 Å². The van der Waals surface area contributed by atoms with Gasteiger partial charge in [-0.25, -0.2) is 0 Å². The lowest BCUT2D eigenvalue weighted by Crippen LogP contribution is -2.45. The zero-order valence-electron chi connectivity index (χ0n) is 10.8. The smallest absolute Gasteiger partial charge is 0.0684 e. The van der Waals surface area contributed by atoms with Crippen molar-refractivity contribution in [2.24, 2.45) is 0 Å². The van der Waals surface area contributed by atoms with Gasteiger partial charge in [0.15, 0.2) is 0 Å². The molecule has 0 radical (unpaired) electrons. The van der Waals surface area contributed by atoms with E-state index in [-0.39, 0.29) is 0 Å². The van der Waals surface area contributed by atoms with Crippen LogP contribution < -0.4 is 0 Å². The molecular weight excluding hydrogens is 200 g/mol. The zero-order chi connectivity index (χ0) is 11.6. The summed E-state index contributed by atoms with van der Waals surface area (Å²) in [7, 11) is -2.38. The van der Waals surface area contributed by atoms with Crippen LogP contribution in [0.1, 0.15) is 13.8 Å². The van der Waals surface area contributed by atoms with Crippen molar-refractivity contribution >= 4 is 16.1 Å². The summed E-state index contributed by atoms with van der Waals surface area (Å²) in [6, 6.07) is 0. The van der Waals surface area contributed by atoms with Crippen LogP contribution in [-0.2, 0) is 0 Å². The van der Waals surface area contributed by atoms with Crippen LogP contribution in [0, 0.1) is 0 Å². The van der Waals surface area contributed by atoms with Gasteiger partial charge in [0.05, 0.1) is 16.1 Å². The van der Waals surface area contributed by atoms with Crippen LogP contribution in [0.15, 0.2) is 24.9 Å². The van der Waals surface area contributed by atoms with Gasteiger partial charge in [0.1, 0.15) is 0 Å². The highest BCUT2D eigenvalue weighted by Crippen LogP contribution is 2.42. The Hall–Kier alpha value is -0.0862. The Balaban J connectivity index is 4.81. The van der Waals surface area contributed by atoms with E-state index in [0.29, 0.717) is 5.04 Å². The Bertz CT molecular complexity index is 224. The largest absolute Gasteiger partial charge is 0.107 e. The second-order valence-electron chi connectivity index (χ2n) is 6.18. The molecule has 2 heteroatoms. The van der Waals surface area contributed by atoms with E-state index in [1.54, 1.807) is 0 Å². The van der Waals surface area contributed by atoms with Gasteiger partial charge in [-0.2, -0.15) is 0 Å². The molecule has 0 aromatic heterocycles. The summed E-state index contributed by atoms with van der Waals surface area (Å²) in [5.41, 5.74) is 3.63. The summed E-state index contributed by atoms with van der Waals surface area (Å²) in [6.45, 7) is 22.4. The van der Waals surface area contributed by atoms with E-state index in [4.69, 9.17) is 0 Å². The molecule has 0 N–H and O–H groups in total. The first kappa shape index (κ1) is 13.9. The topological polar surface area (TPSA) is 0 Å². The summed E-state index contributed by atoms with van der Waals surface area (Å²) in [5, 5.41) is 0.334. The summed E-state index contributed by atoms with van der Waals surface area (Å²) in [4.78, 5) is 0. The lowest BCUT2D eigenvalue weighted by Gasteiger charge is -2.41. The van der Waals surface area contributed by atoms with Crippen molar-refractivity contribution in [2.75, 3.05) is 0 Å². The highest BCUT2D eigenvalue weighted by molar-refractivity contribution is 6.98. The average Bonchev–Trinajstić information content (AvgIpc) is 2.02. The van der Waals surface area contributed by atoms with Gasteiger partial charge in [-0.15, -0.1) is 18.9 Å². The molecule has 0 aliphatic rings. The van der Waals surface area contributed by atoms with Gasteiger partial charge in [0.2, 0.25) is 0 Å². The monoisotopic (exact) mass is 226 g/mol. The number of hydrogen-bond donors (Lipinski definition) is 0. The van der Waals surface area contributed by atoms with Gasteiger partial charge >= 0.3 is 0 Å². The standard InChI is InChI=1S/C12H26Si2/c1-9-12(3,4)14(7,8)11-13(5,6)10-2/h9-10H,1-2,11H2,3-8H3. The molecule has 0 fully saturated rings. The Morgan fingerprint density at radius 3 is 1.79 bits per heavy atom. The lowest BCUT2D eigenvalue weighted by molar-refractivity contribution is 0.810. The predicted octanol–water partition coefficient (Wildman–Crippen LogP) is 4.63. The highest BCUT2D eigenvalue weighted by Gasteiger charge is 2.40. The summed E-state index contributed by atoms with van der Waals surface area (Å²) < 4.78 is 0. The fraction of sp³-hybridized carbons (Fsp3) is 0.667. The third-order valence-electron chi connectivity index (χ3n) is 3.70. The maximum atomic E-state index is 3.98. The number of rotatable bonds is 5. The quantitative estimate of drug-likeness (QED) is 0.473. The first-order valence-corrected chi connectivity index (χ1v) is 11.8. The van der Waals surface area contributed by atoms with Crippen molar-refractivity contribution in [3.05, 3.63) is 24.9 Å². The third kappa shape index (κ3) is 3.24. The lowest BCUT2D eigenvalue weighted by atomic mass is 10.2. The van der Waals surface area contributed by atoms with E-state index >= 15 is 0 Å². The second kappa shape index (κ2) is 4.19. The minimum atomic E-state index is -1.21. The van der Waals surface area contributed by atoms with E-state index in [0.717, 1.165) is 0 Å². The van der Waals surface area contributed by atoms with Crippen molar-refractivity contribution in [3.8, 4) is 0 Å². The molecule has 0 aliphatic carbocycles. The van der Waals surface area contributed by atoms with Crippen LogP contribution in [0.2, 0.25) is 36.9 Å². The Morgan fingerprint density at radius 2 is 1.50 bits per heavy atom. The summed E-state index contributed by atoms with van der Waals surface area (Å²) in [6.07, 6.45) is 2.15. The summed E-state index contributed by atoms with van der Waals surface area (Å²) >= 11 is 0. The molecule has 0 unspecified atom stereocenters. The fourth-order valence-corrected chi connectivity index (χ4v) is 13.8. The van der Waals surface area contributed by atoms with Gasteiger partial charge in [-0.3, -0.25) is 0 Å². The van der Waals surface area contributed by atoms with Crippen LogP contribution in [0.5, 0.6) is 0 Å². The number of allylic oxidation sites excluding steroid dienone is 1. The molecule has 0 heterocycles. The first-order chi connectivity index (χ1) is 6.08. The maximum Gasteiger partial charge on any atom is 0.0684 e. The molecule has 0 saturated heterocycles. The maximum absolute atomic E-state index is 3.98. The fourth-order valence-electron chi connectivity index (χ4n) is 1.72. The van der Waals surface area contributed by atoms with Gasteiger partial charge < -0.3 is 0 Å². The van der Waals surface area contributed by atoms with Crippen molar-refractivity contribution in [1.82, 2.24) is 0 Å². The molecule has 0 spiro atoms. The zero-order valence-corrected chi connectivity index (χ0v) is 12.8. The Morgan fingerprint density at radius 1 is 1.07 bits per heavy atom. The van der Waals surface area contributed by atoms with Gasteiger partial charge in [0.25, 0.3) is 0 Å². The first-order valence-electron chi connectivity index (χ1n) is 5.35. The molecule has 0 rings (SSSR count). The molecule has 0 bridgehead atoms. The Labute approximate surface area is 92.1 Å². The molecule has 14 heavy (non-hydrogen) atoms. The minimum absolute atomic E-state index is 0.334. The van der Waals surface area contributed by atoms with E-state index < -0.39 is 16.1 Å². The normalized spacial score (nSPS) is 13.9. The molecule has 82 valence electrons. The highest BCUT2D eigenvalue weighted by atomic mass is 28.4. The van der Waals surface area contributed by atoms with E-state index in [1.807, 2.05) is 0 Å². The SMILES string of the molecule is C=CC(C)(C)[Si](C)(C)C[Si](C)(C)C=C. The molecule has 0 atom stereocenters. The van der Waals surface area contributed by atoms with Crippen LogP contribution in [0.4, 0.5) is 0 Å². The van der Waals surface area contributed by atoms with Crippen LogP contribution >= 0.6 is 0 Å². The van der Waals surface area contributed by atoms with Gasteiger partial charge in [-0.05, 0) is 5.04 Å². The van der Waals surface area contributed by atoms with Crippen molar-refractivity contribution in [1.29, 1.82) is 0 Å². The Kier molecular flexibility index (Phi) is 4.16. The van der Waals surface area contributed by atoms with Gasteiger partial charge in [-0.1, -0.05) is 51.8 Å². The predicted molar refractivity (Wildman–Crippen MR) is 74.2 cm³/mol. The van der Waals surface area contributed by atoms with E-state index in [1.165, 1.54) is 5.67 Å². The molecule has 0 aromatic carbocycles. The third-order valence-corrected chi connectivity index (χ3v) is 15.7. The van der Waals surface area contributed by atoms with Crippen molar-refractivity contribution in [3.63, 3.8) is 0 Å². The molecule has 0 amide bonds. The molecule has 0 aliphatic heterocycles. The molecule has 0 nitrogen and oxygen atoms in total. The number of hydrogen-bond acceptors (Lipinski definition) is 0. The van der Waals surface area contributed by atoms with Crippen LogP contribution in [0.3, 0.4) is 0 Å². The second-order valence-corrected chi connectivity index (χ2v) is 17.0.